The van der Waals surface area contributed by atoms with E-state index in [1.807, 2.05) is 0 Å². The molecule has 0 aliphatic rings. The van der Waals surface area contributed by atoms with Crippen LogP contribution in [0.2, 0.25) is 0 Å². The molecule has 0 heterocycles. The predicted octanol–water partition coefficient (Wildman–Crippen LogP) is 16.6. The molecule has 0 atom stereocenters. The van der Waals surface area contributed by atoms with Crippen molar-refractivity contribution in [1.29, 1.82) is 0 Å². The zero-order valence-electron chi connectivity index (χ0n) is 32.3. The highest BCUT2D eigenvalue weighted by Crippen LogP contribution is 2.56. The Morgan fingerprint density at radius 2 is 0.655 bits per heavy atom. The molecule has 0 bridgehead atoms. The quantitative estimate of drug-likeness (QED) is 0.159. The van der Waals surface area contributed by atoms with Gasteiger partial charge in [0.05, 0.1) is 0 Å². The number of hydrogen-bond donors (Lipinski definition) is 0. The zero-order chi connectivity index (χ0) is 38.2. The lowest BCUT2D eigenvalue weighted by molar-refractivity contribution is 1.39. The minimum absolute atomic E-state index is 1.25. The summed E-state index contributed by atoms with van der Waals surface area (Å²) in [7, 11) is 0. The van der Waals surface area contributed by atoms with Gasteiger partial charge in [0, 0.05) is 0 Å². The fraction of sp³-hybridized carbons (Fsp3) is 0.0345. The van der Waals surface area contributed by atoms with Gasteiger partial charge in [0.2, 0.25) is 0 Å². The first-order chi connectivity index (χ1) is 28.7. The van der Waals surface area contributed by atoms with E-state index >= 15 is 0 Å². The topological polar surface area (TPSA) is 0 Å². The Balaban J connectivity index is 1.37. The van der Waals surface area contributed by atoms with Crippen LogP contribution >= 0.6 is 0 Å². The molecule has 0 nitrogen and oxygen atoms in total. The number of rotatable bonds is 3. The summed E-state index contributed by atoms with van der Waals surface area (Å²) in [5, 5.41) is 23.6. The van der Waals surface area contributed by atoms with Crippen molar-refractivity contribution in [3.8, 4) is 33.4 Å². The first kappa shape index (κ1) is 31.9. The second-order valence-corrected chi connectivity index (χ2v) is 16.3. The van der Waals surface area contributed by atoms with E-state index in [9.17, 15) is 0 Å². The van der Waals surface area contributed by atoms with Gasteiger partial charge in [-0.1, -0.05) is 176 Å². The van der Waals surface area contributed by atoms with Gasteiger partial charge < -0.3 is 0 Å². The average Bonchev–Trinajstić information content (AvgIpc) is 3.77. The van der Waals surface area contributed by atoms with Crippen molar-refractivity contribution in [3.63, 3.8) is 0 Å². The standard InChI is InChI=1S/C58H36/c1-33-14-9-15-34(2)51(33)45-30-31-48-52-44(45)27-13-29-47(52)58-56(42-25-11-19-36-17-4-6-21-38(36)42)55-46-28-12-26-43-39-22-7-8-23-40(39)49(53(43)46)32-50(55)54(57(48)58)41-24-10-18-35-16-3-5-20-37(35)41/h3-32H,1-2H3. The van der Waals surface area contributed by atoms with Crippen molar-refractivity contribution < 1.29 is 0 Å². The van der Waals surface area contributed by atoms with Crippen LogP contribution in [0.25, 0.3) is 130 Å². The van der Waals surface area contributed by atoms with E-state index < -0.39 is 0 Å². The lowest BCUT2D eigenvalue weighted by atomic mass is 9.82. The van der Waals surface area contributed by atoms with Gasteiger partial charge in [0.1, 0.15) is 0 Å². The number of benzene rings is 11. The Bertz CT molecular complexity index is 3830. The van der Waals surface area contributed by atoms with Gasteiger partial charge >= 0.3 is 0 Å². The molecule has 268 valence electrons. The van der Waals surface area contributed by atoms with Gasteiger partial charge in [0.25, 0.3) is 0 Å². The largest absolute Gasteiger partial charge is 0.0617 e. The predicted molar refractivity (Wildman–Crippen MR) is 252 cm³/mol. The molecule has 0 heteroatoms. The van der Waals surface area contributed by atoms with Crippen molar-refractivity contribution in [2.75, 3.05) is 0 Å². The molecule has 0 radical (unpaired) electrons. The fourth-order valence-corrected chi connectivity index (χ4v) is 11.1. The molecule has 0 saturated heterocycles. The third-order valence-corrected chi connectivity index (χ3v) is 13.4. The van der Waals surface area contributed by atoms with Gasteiger partial charge in [-0.3, -0.25) is 0 Å². The van der Waals surface area contributed by atoms with Crippen LogP contribution < -0.4 is 0 Å². The molecule has 0 fully saturated rings. The van der Waals surface area contributed by atoms with E-state index in [-0.39, 0.29) is 0 Å². The molecule has 0 N–H and O–H groups in total. The van der Waals surface area contributed by atoms with Crippen molar-refractivity contribution in [1.82, 2.24) is 0 Å². The van der Waals surface area contributed by atoms with Crippen molar-refractivity contribution >= 4 is 97.0 Å². The molecule has 0 spiro atoms. The van der Waals surface area contributed by atoms with Crippen molar-refractivity contribution in [2.24, 2.45) is 0 Å². The fourth-order valence-electron chi connectivity index (χ4n) is 11.1. The van der Waals surface area contributed by atoms with E-state index in [0.29, 0.717) is 0 Å². The second kappa shape index (κ2) is 11.6. The minimum atomic E-state index is 1.25. The van der Waals surface area contributed by atoms with Gasteiger partial charge in [0.15, 0.2) is 0 Å². The molecule has 0 unspecified atom stereocenters. The summed E-state index contributed by atoms with van der Waals surface area (Å²) in [4.78, 5) is 0. The maximum atomic E-state index is 2.56. The number of fused-ring (bicyclic) bond motifs is 10. The summed E-state index contributed by atoms with van der Waals surface area (Å²) in [6, 6.07) is 68.8. The highest BCUT2D eigenvalue weighted by molar-refractivity contribution is 6.46. The minimum Gasteiger partial charge on any atom is -0.0617 e. The first-order valence-corrected chi connectivity index (χ1v) is 20.4. The van der Waals surface area contributed by atoms with Gasteiger partial charge in [-0.05, 0) is 161 Å². The van der Waals surface area contributed by atoms with E-state index in [2.05, 4.69) is 196 Å². The van der Waals surface area contributed by atoms with Crippen LogP contribution in [0.15, 0.2) is 182 Å². The Kier molecular flexibility index (Phi) is 6.39. The SMILES string of the molecule is Cc1cccc(C)c1-c1ccc2c3c(-c4cccc5ccccc45)c4cc5c6ccccc6c6cccc(c4c(-c4cccc7ccccc47)c3c3cccc1c23)c65. The second-order valence-electron chi connectivity index (χ2n) is 16.3. The Labute approximate surface area is 335 Å². The summed E-state index contributed by atoms with van der Waals surface area (Å²) >= 11 is 0. The highest BCUT2D eigenvalue weighted by atomic mass is 14.3. The van der Waals surface area contributed by atoms with Crippen LogP contribution in [0.4, 0.5) is 0 Å². The molecule has 0 amide bonds. The van der Waals surface area contributed by atoms with Crippen LogP contribution in [-0.4, -0.2) is 0 Å². The maximum Gasteiger partial charge on any atom is -0.000696 e. The third kappa shape index (κ3) is 4.09. The summed E-state index contributed by atoms with van der Waals surface area (Å²) in [6.45, 7) is 4.51. The summed E-state index contributed by atoms with van der Waals surface area (Å²) in [5.74, 6) is 0. The lowest BCUT2D eigenvalue weighted by Crippen LogP contribution is -1.93. The van der Waals surface area contributed by atoms with Crippen LogP contribution in [0.1, 0.15) is 11.1 Å². The highest BCUT2D eigenvalue weighted by Gasteiger charge is 2.28. The Morgan fingerprint density at radius 3 is 1.34 bits per heavy atom. The van der Waals surface area contributed by atoms with Gasteiger partial charge in [-0.25, -0.2) is 0 Å². The molecule has 0 saturated carbocycles. The van der Waals surface area contributed by atoms with Gasteiger partial charge in [-0.2, -0.15) is 0 Å². The number of aryl methyl sites for hydroxylation is 2. The van der Waals surface area contributed by atoms with Crippen molar-refractivity contribution in [3.05, 3.63) is 193 Å². The molecule has 0 aromatic heterocycles. The molecular weight excluding hydrogens is 697 g/mol. The normalized spacial score (nSPS) is 12.3. The molecular formula is C58H36. The summed E-state index contributed by atoms with van der Waals surface area (Å²) in [5.41, 5.74) is 10.4. The van der Waals surface area contributed by atoms with E-state index in [1.165, 1.54) is 141 Å². The molecule has 58 heavy (non-hydrogen) atoms. The molecule has 13 aromatic carbocycles. The van der Waals surface area contributed by atoms with Gasteiger partial charge in [-0.15, -0.1) is 0 Å². The van der Waals surface area contributed by atoms with Crippen LogP contribution in [-0.2, 0) is 0 Å². The molecule has 13 aromatic rings. The van der Waals surface area contributed by atoms with E-state index in [1.54, 1.807) is 0 Å². The number of hydrogen-bond acceptors (Lipinski definition) is 0. The monoisotopic (exact) mass is 732 g/mol. The maximum absolute atomic E-state index is 2.56. The van der Waals surface area contributed by atoms with Crippen molar-refractivity contribution in [2.45, 2.75) is 13.8 Å². The Hall–Kier alpha value is -7.28. The third-order valence-electron chi connectivity index (χ3n) is 13.4. The van der Waals surface area contributed by atoms with Crippen LogP contribution in [0, 0.1) is 13.8 Å². The molecule has 0 aliphatic heterocycles. The average molecular weight is 733 g/mol. The Morgan fingerprint density at radius 1 is 0.224 bits per heavy atom. The molecule has 0 aliphatic carbocycles. The molecule has 13 rings (SSSR count). The van der Waals surface area contributed by atoms with Crippen LogP contribution in [0.5, 0.6) is 0 Å². The van der Waals surface area contributed by atoms with E-state index in [4.69, 9.17) is 0 Å². The van der Waals surface area contributed by atoms with Crippen LogP contribution in [0.3, 0.4) is 0 Å². The van der Waals surface area contributed by atoms with E-state index in [0.717, 1.165) is 0 Å². The summed E-state index contributed by atoms with van der Waals surface area (Å²) < 4.78 is 0. The lowest BCUT2D eigenvalue weighted by Gasteiger charge is -2.20. The summed E-state index contributed by atoms with van der Waals surface area (Å²) in [6.07, 6.45) is 0. The first-order valence-electron chi connectivity index (χ1n) is 20.4. The smallest absolute Gasteiger partial charge is 0.000696 e. The zero-order valence-corrected chi connectivity index (χ0v) is 32.3.